The number of aliphatic carboxylic acids is 2. The maximum absolute atomic E-state index is 11.1. The van der Waals surface area contributed by atoms with Crippen molar-refractivity contribution in [1.82, 2.24) is 0 Å². The summed E-state index contributed by atoms with van der Waals surface area (Å²) in [5.74, 6) is -2.50. The highest BCUT2D eigenvalue weighted by atomic mass is 16.4. The molecule has 2 N–H and O–H groups in total. The minimum Gasteiger partial charge on any atom is -0.481 e. The van der Waals surface area contributed by atoms with Crippen molar-refractivity contribution in [3.05, 3.63) is 0 Å². The molecule has 0 spiro atoms. The summed E-state index contributed by atoms with van der Waals surface area (Å²) in [6, 6.07) is 0. The van der Waals surface area contributed by atoms with Gasteiger partial charge in [0.2, 0.25) is 0 Å². The average molecular weight is 214 g/mol. The van der Waals surface area contributed by atoms with Gasteiger partial charge in [-0.2, -0.15) is 0 Å². The molecule has 0 saturated heterocycles. The fourth-order valence-corrected chi connectivity index (χ4v) is 2.45. The third-order valence-corrected chi connectivity index (χ3v) is 3.56. The predicted molar refractivity (Wildman–Crippen MR) is 54.5 cm³/mol. The molecule has 0 amide bonds. The number of rotatable bonds is 3. The van der Waals surface area contributed by atoms with Gasteiger partial charge in [-0.3, -0.25) is 9.59 Å². The lowest BCUT2D eigenvalue weighted by Crippen LogP contribution is -2.41. The molecule has 0 heterocycles. The highest BCUT2D eigenvalue weighted by Gasteiger charge is 2.44. The average Bonchev–Trinajstić information content (AvgIpc) is 2.17. The zero-order chi connectivity index (χ0) is 11.6. The van der Waals surface area contributed by atoms with Crippen LogP contribution in [-0.4, -0.2) is 22.2 Å². The van der Waals surface area contributed by atoms with Gasteiger partial charge >= 0.3 is 11.9 Å². The molecule has 86 valence electrons. The molecule has 0 aromatic carbocycles. The van der Waals surface area contributed by atoms with Crippen LogP contribution in [-0.2, 0) is 9.59 Å². The molecule has 1 aliphatic carbocycles. The largest absolute Gasteiger partial charge is 0.481 e. The summed E-state index contributed by atoms with van der Waals surface area (Å²) in [5.41, 5.74) is -0.941. The number of hydrogen-bond donors (Lipinski definition) is 2. The van der Waals surface area contributed by atoms with E-state index >= 15 is 0 Å². The van der Waals surface area contributed by atoms with Crippen molar-refractivity contribution in [2.75, 3.05) is 0 Å². The minimum absolute atomic E-state index is 0.249. The zero-order valence-electron chi connectivity index (χ0n) is 9.19. The molecule has 0 radical (unpaired) electrons. The lowest BCUT2D eigenvalue weighted by atomic mass is 9.65. The first-order valence-electron chi connectivity index (χ1n) is 5.33. The summed E-state index contributed by atoms with van der Waals surface area (Å²) < 4.78 is 0. The molecule has 0 aromatic rings. The zero-order valence-corrected chi connectivity index (χ0v) is 9.19. The Morgan fingerprint density at radius 1 is 1.13 bits per heavy atom. The molecular weight excluding hydrogens is 196 g/mol. The van der Waals surface area contributed by atoms with Gasteiger partial charge in [0, 0.05) is 0 Å². The number of carbonyl (C=O) groups is 2. The van der Waals surface area contributed by atoms with Gasteiger partial charge in [-0.15, -0.1) is 0 Å². The highest BCUT2D eigenvalue weighted by Crippen LogP contribution is 2.42. The Kier molecular flexibility index (Phi) is 3.37. The normalized spacial score (nSPS) is 27.3. The molecule has 0 bridgehead atoms. The molecule has 1 fully saturated rings. The van der Waals surface area contributed by atoms with Crippen molar-refractivity contribution < 1.29 is 19.8 Å². The summed E-state index contributed by atoms with van der Waals surface area (Å²) in [7, 11) is 0. The third kappa shape index (κ3) is 2.30. The highest BCUT2D eigenvalue weighted by molar-refractivity contribution is 5.77. The monoisotopic (exact) mass is 214 g/mol. The van der Waals surface area contributed by atoms with E-state index in [-0.39, 0.29) is 5.92 Å². The number of hydrogen-bond acceptors (Lipinski definition) is 2. The first-order valence-corrected chi connectivity index (χ1v) is 5.33. The molecule has 4 nitrogen and oxygen atoms in total. The molecule has 1 saturated carbocycles. The van der Waals surface area contributed by atoms with Crippen LogP contribution in [0.15, 0.2) is 0 Å². The van der Waals surface area contributed by atoms with Crippen molar-refractivity contribution >= 4 is 11.9 Å². The van der Waals surface area contributed by atoms with E-state index < -0.39 is 23.3 Å². The van der Waals surface area contributed by atoms with Crippen molar-refractivity contribution in [3.63, 3.8) is 0 Å². The topological polar surface area (TPSA) is 74.6 Å². The van der Waals surface area contributed by atoms with Gasteiger partial charge in [-0.1, -0.05) is 12.8 Å². The van der Waals surface area contributed by atoms with Crippen LogP contribution in [0, 0.1) is 17.3 Å². The van der Waals surface area contributed by atoms with Crippen molar-refractivity contribution in [2.45, 2.75) is 39.5 Å². The molecule has 1 rings (SSSR count). The van der Waals surface area contributed by atoms with E-state index in [1.165, 1.54) is 0 Å². The number of carboxylic acids is 2. The van der Waals surface area contributed by atoms with E-state index in [4.69, 9.17) is 10.2 Å². The van der Waals surface area contributed by atoms with E-state index in [2.05, 4.69) is 0 Å². The van der Waals surface area contributed by atoms with Crippen LogP contribution in [0.1, 0.15) is 39.5 Å². The third-order valence-electron chi connectivity index (χ3n) is 3.56. The van der Waals surface area contributed by atoms with E-state index in [9.17, 15) is 9.59 Å². The summed E-state index contributed by atoms with van der Waals surface area (Å²) in [4.78, 5) is 22.1. The second kappa shape index (κ2) is 4.21. The predicted octanol–water partition coefficient (Wildman–Crippen LogP) is 1.99. The van der Waals surface area contributed by atoms with Crippen LogP contribution in [0.5, 0.6) is 0 Å². The van der Waals surface area contributed by atoms with Crippen molar-refractivity contribution in [1.29, 1.82) is 0 Å². The smallest absolute Gasteiger partial charge is 0.309 e. The van der Waals surface area contributed by atoms with E-state index in [1.54, 1.807) is 13.8 Å². The summed E-state index contributed by atoms with van der Waals surface area (Å²) >= 11 is 0. The summed E-state index contributed by atoms with van der Waals surface area (Å²) in [6.45, 7) is 3.25. The van der Waals surface area contributed by atoms with Gasteiger partial charge in [0.1, 0.15) is 0 Å². The molecule has 2 unspecified atom stereocenters. The maximum Gasteiger partial charge on any atom is 0.309 e. The van der Waals surface area contributed by atoms with Crippen LogP contribution < -0.4 is 0 Å². The Bertz CT molecular complexity index is 270. The second-order valence-corrected chi connectivity index (χ2v) is 4.86. The molecule has 15 heavy (non-hydrogen) atoms. The Balaban J connectivity index is 2.89. The maximum atomic E-state index is 11.1. The summed E-state index contributed by atoms with van der Waals surface area (Å²) in [6.07, 6.45) is 3.14. The fourth-order valence-electron chi connectivity index (χ4n) is 2.45. The molecular formula is C11H18O4. The first-order chi connectivity index (χ1) is 6.87. The molecule has 1 aliphatic rings. The Hall–Kier alpha value is -1.06. The molecule has 2 atom stereocenters. The summed E-state index contributed by atoms with van der Waals surface area (Å²) in [5, 5.41) is 18.2. The Morgan fingerprint density at radius 3 is 2.13 bits per heavy atom. The van der Waals surface area contributed by atoms with Gasteiger partial charge in [0.25, 0.3) is 0 Å². The molecule has 4 heteroatoms. The van der Waals surface area contributed by atoms with Crippen LogP contribution in [0.4, 0.5) is 0 Å². The van der Waals surface area contributed by atoms with Gasteiger partial charge < -0.3 is 10.2 Å². The van der Waals surface area contributed by atoms with Crippen molar-refractivity contribution in [2.24, 2.45) is 17.3 Å². The molecule has 0 aromatic heterocycles. The van der Waals surface area contributed by atoms with Gasteiger partial charge in [-0.05, 0) is 32.6 Å². The second-order valence-electron chi connectivity index (χ2n) is 4.86. The quantitative estimate of drug-likeness (QED) is 0.753. The van der Waals surface area contributed by atoms with E-state index in [0.29, 0.717) is 12.8 Å². The lowest BCUT2D eigenvalue weighted by Gasteiger charge is -2.37. The van der Waals surface area contributed by atoms with Crippen LogP contribution >= 0.6 is 0 Å². The SMILES string of the molecule is CC(C)(C(=O)O)C1CCCCC1C(=O)O. The Labute approximate surface area is 89.3 Å². The van der Waals surface area contributed by atoms with Crippen LogP contribution in [0.3, 0.4) is 0 Å². The standard InChI is InChI=1S/C11H18O4/c1-11(2,10(14)15)8-6-4-3-5-7(8)9(12)13/h7-8H,3-6H2,1-2H3,(H,12,13)(H,14,15). The lowest BCUT2D eigenvalue weighted by molar-refractivity contribution is -0.157. The first kappa shape index (κ1) is 12.0. The van der Waals surface area contributed by atoms with E-state index in [1.807, 2.05) is 0 Å². The minimum atomic E-state index is -0.941. The van der Waals surface area contributed by atoms with Gasteiger partial charge in [-0.25, -0.2) is 0 Å². The molecule has 0 aliphatic heterocycles. The Morgan fingerprint density at radius 2 is 1.67 bits per heavy atom. The van der Waals surface area contributed by atoms with Gasteiger partial charge in [0.15, 0.2) is 0 Å². The number of carboxylic acid groups (broad SMARTS) is 2. The van der Waals surface area contributed by atoms with Crippen molar-refractivity contribution in [3.8, 4) is 0 Å². The van der Waals surface area contributed by atoms with Crippen LogP contribution in [0.25, 0.3) is 0 Å². The van der Waals surface area contributed by atoms with Gasteiger partial charge in [0.05, 0.1) is 11.3 Å². The van der Waals surface area contributed by atoms with Crippen LogP contribution in [0.2, 0.25) is 0 Å². The fraction of sp³-hybridized carbons (Fsp3) is 0.818. The van der Waals surface area contributed by atoms with E-state index in [0.717, 1.165) is 12.8 Å².